The number of hydrogen-bond donors (Lipinski definition) is 0. The molecule has 1 amide bonds. The fourth-order valence-electron chi connectivity index (χ4n) is 2.97. The summed E-state index contributed by atoms with van der Waals surface area (Å²) in [6, 6.07) is 12.7. The van der Waals surface area contributed by atoms with Crippen LogP contribution in [-0.4, -0.2) is 33.7 Å². The van der Waals surface area contributed by atoms with Crippen LogP contribution < -0.4 is 4.90 Å². The van der Waals surface area contributed by atoms with Crippen LogP contribution in [0.5, 0.6) is 0 Å². The van der Waals surface area contributed by atoms with Crippen LogP contribution in [0.4, 0.5) is 5.69 Å². The standard InChI is InChI=1S/C19H21NO4S/c1-3-10-20-18-9-6-15(11-16(18)12-24-13-19(20)21)14-4-7-17(8-5-14)25(2,22)23/h4-9,11H,3,10,12-13H2,1-2H3. The molecule has 2 aromatic rings. The zero-order valence-electron chi connectivity index (χ0n) is 14.4. The SMILES string of the molecule is CCCN1C(=O)COCc2cc(-c3ccc(S(C)(=O)=O)cc3)ccc21. The molecule has 1 heterocycles. The normalized spacial score (nSPS) is 15.0. The fraction of sp³-hybridized carbons (Fsp3) is 0.316. The van der Waals surface area contributed by atoms with Crippen LogP contribution in [0.3, 0.4) is 0 Å². The topological polar surface area (TPSA) is 63.7 Å². The monoisotopic (exact) mass is 359 g/mol. The molecule has 2 aromatic carbocycles. The first-order valence-electron chi connectivity index (χ1n) is 8.21. The molecule has 5 nitrogen and oxygen atoms in total. The van der Waals surface area contributed by atoms with Crippen LogP contribution >= 0.6 is 0 Å². The number of anilines is 1. The second kappa shape index (κ2) is 6.98. The molecule has 25 heavy (non-hydrogen) atoms. The van der Waals surface area contributed by atoms with E-state index in [9.17, 15) is 13.2 Å². The number of amides is 1. The third kappa shape index (κ3) is 3.75. The second-order valence-corrected chi connectivity index (χ2v) is 8.19. The maximum Gasteiger partial charge on any atom is 0.252 e. The number of ether oxygens (including phenoxy) is 1. The second-order valence-electron chi connectivity index (χ2n) is 6.18. The van der Waals surface area contributed by atoms with E-state index in [1.54, 1.807) is 29.2 Å². The molecule has 0 aromatic heterocycles. The van der Waals surface area contributed by atoms with Gasteiger partial charge in [-0.15, -0.1) is 0 Å². The molecular weight excluding hydrogens is 338 g/mol. The van der Waals surface area contributed by atoms with Gasteiger partial charge in [0.25, 0.3) is 5.91 Å². The summed E-state index contributed by atoms with van der Waals surface area (Å²) in [5, 5.41) is 0. The summed E-state index contributed by atoms with van der Waals surface area (Å²) in [5.74, 6) is -0.0224. The lowest BCUT2D eigenvalue weighted by Gasteiger charge is -2.22. The Labute approximate surface area is 148 Å². The van der Waals surface area contributed by atoms with E-state index in [-0.39, 0.29) is 12.5 Å². The third-order valence-corrected chi connectivity index (χ3v) is 5.35. The van der Waals surface area contributed by atoms with Crippen LogP contribution in [0.25, 0.3) is 11.1 Å². The van der Waals surface area contributed by atoms with E-state index < -0.39 is 9.84 Å². The Kier molecular flexibility index (Phi) is 4.92. The van der Waals surface area contributed by atoms with Crippen LogP contribution in [0.15, 0.2) is 47.4 Å². The van der Waals surface area contributed by atoms with Gasteiger partial charge in [0.05, 0.1) is 11.5 Å². The number of carbonyl (C=O) groups is 1. The molecular formula is C19H21NO4S. The highest BCUT2D eigenvalue weighted by molar-refractivity contribution is 7.90. The fourth-order valence-corrected chi connectivity index (χ4v) is 3.60. The summed E-state index contributed by atoms with van der Waals surface area (Å²) in [7, 11) is -3.20. The Morgan fingerprint density at radius 1 is 1.04 bits per heavy atom. The van der Waals surface area contributed by atoms with Gasteiger partial charge in [0, 0.05) is 24.1 Å². The van der Waals surface area contributed by atoms with Crippen LogP contribution in [-0.2, 0) is 26.0 Å². The molecule has 0 aliphatic carbocycles. The predicted molar refractivity (Wildman–Crippen MR) is 97.3 cm³/mol. The van der Waals surface area contributed by atoms with Crippen molar-refractivity contribution in [2.24, 2.45) is 0 Å². The number of nitrogens with zero attached hydrogens (tertiary/aromatic N) is 1. The molecule has 0 spiro atoms. The average Bonchev–Trinajstić information content (AvgIpc) is 2.73. The quantitative estimate of drug-likeness (QED) is 0.842. The van der Waals surface area contributed by atoms with Crippen LogP contribution in [0, 0.1) is 0 Å². The highest BCUT2D eigenvalue weighted by Gasteiger charge is 2.22. The molecule has 0 N–H and O–H groups in total. The number of carbonyl (C=O) groups excluding carboxylic acids is 1. The molecule has 0 unspecified atom stereocenters. The van der Waals surface area contributed by atoms with E-state index in [0.717, 1.165) is 28.8 Å². The van der Waals surface area contributed by atoms with Gasteiger partial charge in [0.15, 0.2) is 9.84 Å². The van der Waals surface area contributed by atoms with Gasteiger partial charge in [0.1, 0.15) is 6.61 Å². The summed E-state index contributed by atoms with van der Waals surface area (Å²) in [6.45, 7) is 3.18. The number of sulfone groups is 1. The molecule has 6 heteroatoms. The van der Waals surface area contributed by atoms with Crippen molar-refractivity contribution in [2.75, 3.05) is 24.3 Å². The predicted octanol–water partition coefficient (Wildman–Crippen LogP) is 3.03. The van der Waals surface area contributed by atoms with Crippen molar-refractivity contribution < 1.29 is 17.9 Å². The van der Waals surface area contributed by atoms with Crippen molar-refractivity contribution in [1.29, 1.82) is 0 Å². The zero-order chi connectivity index (χ0) is 18.0. The number of fused-ring (bicyclic) bond motifs is 1. The maximum absolute atomic E-state index is 12.2. The molecule has 0 bridgehead atoms. The van der Waals surface area contributed by atoms with Crippen molar-refractivity contribution in [2.45, 2.75) is 24.8 Å². The van der Waals surface area contributed by atoms with Gasteiger partial charge in [-0.1, -0.05) is 25.1 Å². The molecule has 1 aliphatic heterocycles. The molecule has 0 radical (unpaired) electrons. The molecule has 0 saturated carbocycles. The first kappa shape index (κ1) is 17.6. The van der Waals surface area contributed by atoms with E-state index in [0.29, 0.717) is 18.0 Å². The molecule has 1 aliphatic rings. The first-order valence-corrected chi connectivity index (χ1v) is 10.1. The molecule has 0 atom stereocenters. The van der Waals surface area contributed by atoms with Gasteiger partial charge in [-0.05, 0) is 41.8 Å². The number of rotatable bonds is 4. The Morgan fingerprint density at radius 3 is 2.36 bits per heavy atom. The Bertz CT molecular complexity index is 888. The van der Waals surface area contributed by atoms with E-state index in [2.05, 4.69) is 0 Å². The lowest BCUT2D eigenvalue weighted by molar-refractivity contribution is -0.123. The smallest absolute Gasteiger partial charge is 0.252 e. The highest BCUT2D eigenvalue weighted by atomic mass is 32.2. The van der Waals surface area contributed by atoms with Crippen molar-refractivity contribution in [3.63, 3.8) is 0 Å². The summed E-state index contributed by atoms with van der Waals surface area (Å²) in [5.41, 5.74) is 3.74. The average molecular weight is 359 g/mol. The minimum atomic E-state index is -3.20. The number of hydrogen-bond acceptors (Lipinski definition) is 4. The third-order valence-electron chi connectivity index (χ3n) is 4.22. The highest BCUT2D eigenvalue weighted by Crippen LogP contribution is 2.30. The van der Waals surface area contributed by atoms with Gasteiger partial charge in [0.2, 0.25) is 0 Å². The van der Waals surface area contributed by atoms with Gasteiger partial charge in [-0.25, -0.2) is 8.42 Å². The van der Waals surface area contributed by atoms with Crippen molar-refractivity contribution >= 4 is 21.4 Å². The Balaban J connectivity index is 1.98. The van der Waals surface area contributed by atoms with Crippen molar-refractivity contribution in [3.8, 4) is 11.1 Å². The summed E-state index contributed by atoms with van der Waals surface area (Å²) < 4.78 is 28.7. The number of benzene rings is 2. The molecule has 0 fully saturated rings. The van der Waals surface area contributed by atoms with Crippen LogP contribution in [0.2, 0.25) is 0 Å². The van der Waals surface area contributed by atoms with E-state index in [4.69, 9.17) is 4.74 Å². The van der Waals surface area contributed by atoms with Gasteiger partial charge in [-0.2, -0.15) is 0 Å². The summed E-state index contributed by atoms with van der Waals surface area (Å²) >= 11 is 0. The lowest BCUT2D eigenvalue weighted by atomic mass is 10.0. The van der Waals surface area contributed by atoms with Crippen molar-refractivity contribution in [1.82, 2.24) is 0 Å². The molecule has 132 valence electrons. The summed E-state index contributed by atoms with van der Waals surface area (Å²) in [4.78, 5) is 14.3. The maximum atomic E-state index is 12.2. The van der Waals surface area contributed by atoms with E-state index in [1.807, 2.05) is 25.1 Å². The molecule has 0 saturated heterocycles. The zero-order valence-corrected chi connectivity index (χ0v) is 15.2. The van der Waals surface area contributed by atoms with Crippen molar-refractivity contribution in [3.05, 3.63) is 48.0 Å². The molecule has 3 rings (SSSR count). The van der Waals surface area contributed by atoms with Gasteiger partial charge >= 0.3 is 0 Å². The van der Waals surface area contributed by atoms with E-state index >= 15 is 0 Å². The Hall–Kier alpha value is -2.18. The Morgan fingerprint density at radius 2 is 1.72 bits per heavy atom. The van der Waals surface area contributed by atoms with Crippen LogP contribution in [0.1, 0.15) is 18.9 Å². The van der Waals surface area contributed by atoms with Gasteiger partial charge < -0.3 is 9.64 Å². The summed E-state index contributed by atoms with van der Waals surface area (Å²) in [6.07, 6.45) is 2.07. The minimum absolute atomic E-state index is 0.0224. The van der Waals surface area contributed by atoms with E-state index in [1.165, 1.54) is 6.26 Å². The largest absolute Gasteiger partial charge is 0.367 e. The minimum Gasteiger partial charge on any atom is -0.367 e. The first-order chi connectivity index (χ1) is 11.9. The lowest BCUT2D eigenvalue weighted by Crippen LogP contribution is -2.33. The van der Waals surface area contributed by atoms with Gasteiger partial charge in [-0.3, -0.25) is 4.79 Å².